The fourth-order valence-electron chi connectivity index (χ4n) is 4.63. The second-order valence-electron chi connectivity index (χ2n) is 9.96. The monoisotopic (exact) mass is 483 g/mol. The highest BCUT2D eigenvalue weighted by Gasteiger charge is 2.31. The molecule has 0 fully saturated rings. The van der Waals surface area contributed by atoms with Crippen molar-refractivity contribution in [2.24, 2.45) is 5.92 Å². The number of benzene rings is 2. The number of hydrogen-bond acceptors (Lipinski definition) is 7. The lowest BCUT2D eigenvalue weighted by atomic mass is 10.0. The summed E-state index contributed by atoms with van der Waals surface area (Å²) in [6.45, 7) is 6.13. The van der Waals surface area contributed by atoms with Gasteiger partial charge in [0, 0.05) is 50.9 Å². The molecule has 190 valence electrons. The highest BCUT2D eigenvalue weighted by atomic mass is 16.7. The quantitative estimate of drug-likeness (QED) is 0.649. The first-order valence-electron chi connectivity index (χ1n) is 12.2. The molecule has 0 radical (unpaired) electrons. The van der Waals surface area contributed by atoms with Crippen LogP contribution in [0.2, 0.25) is 0 Å². The van der Waals surface area contributed by atoms with Crippen molar-refractivity contribution in [1.82, 2.24) is 9.80 Å². The zero-order chi connectivity index (χ0) is 25.1. The van der Waals surface area contributed by atoms with Gasteiger partial charge < -0.3 is 29.1 Å². The Bertz CT molecular complexity index is 1040. The van der Waals surface area contributed by atoms with Gasteiger partial charge in [-0.05, 0) is 49.9 Å². The maximum atomic E-state index is 13.3. The Labute approximate surface area is 208 Å². The van der Waals surface area contributed by atoms with Gasteiger partial charge in [-0.2, -0.15) is 0 Å². The van der Waals surface area contributed by atoms with Crippen molar-refractivity contribution < 1.29 is 24.1 Å². The number of aliphatic hydroxyl groups excluding tert-OH is 1. The van der Waals surface area contributed by atoms with E-state index in [4.69, 9.17) is 14.2 Å². The minimum atomic E-state index is -0.254. The van der Waals surface area contributed by atoms with Gasteiger partial charge in [-0.25, -0.2) is 0 Å². The van der Waals surface area contributed by atoms with Crippen LogP contribution in [0.5, 0.6) is 17.2 Å². The lowest BCUT2D eigenvalue weighted by Crippen LogP contribution is -2.47. The highest BCUT2D eigenvalue weighted by molar-refractivity contribution is 5.80. The number of fused-ring (bicyclic) bond motifs is 2. The van der Waals surface area contributed by atoms with E-state index in [1.165, 1.54) is 0 Å². The second kappa shape index (κ2) is 10.7. The summed E-state index contributed by atoms with van der Waals surface area (Å²) in [4.78, 5) is 19.3. The van der Waals surface area contributed by atoms with Crippen molar-refractivity contribution in [3.05, 3.63) is 47.5 Å². The van der Waals surface area contributed by atoms with Crippen molar-refractivity contribution in [2.45, 2.75) is 39.0 Å². The second-order valence-corrected chi connectivity index (χ2v) is 9.96. The summed E-state index contributed by atoms with van der Waals surface area (Å²) >= 11 is 0. The fourth-order valence-corrected chi connectivity index (χ4v) is 4.63. The number of ether oxygens (including phenoxy) is 3. The van der Waals surface area contributed by atoms with Crippen LogP contribution >= 0.6 is 0 Å². The van der Waals surface area contributed by atoms with Crippen LogP contribution in [0.25, 0.3) is 0 Å². The molecule has 0 aromatic heterocycles. The molecule has 2 aromatic carbocycles. The van der Waals surface area contributed by atoms with Crippen molar-refractivity contribution in [3.8, 4) is 17.2 Å². The Morgan fingerprint density at radius 2 is 1.83 bits per heavy atom. The van der Waals surface area contributed by atoms with Crippen LogP contribution < -0.4 is 19.1 Å². The van der Waals surface area contributed by atoms with E-state index in [-0.39, 0.29) is 43.8 Å². The Kier molecular flexibility index (Phi) is 7.72. The molecule has 2 aromatic rings. The molecule has 0 aliphatic carbocycles. The smallest absolute Gasteiger partial charge is 0.231 e. The van der Waals surface area contributed by atoms with Gasteiger partial charge in [0.15, 0.2) is 11.5 Å². The molecular formula is C27H37N3O5. The van der Waals surface area contributed by atoms with E-state index in [0.717, 1.165) is 40.6 Å². The van der Waals surface area contributed by atoms with Crippen LogP contribution in [0.3, 0.4) is 0 Å². The molecule has 1 amide bonds. The maximum Gasteiger partial charge on any atom is 0.231 e. The van der Waals surface area contributed by atoms with E-state index < -0.39 is 0 Å². The molecule has 4 rings (SSSR count). The number of amides is 1. The molecule has 0 unspecified atom stereocenters. The van der Waals surface area contributed by atoms with Crippen LogP contribution in [-0.4, -0.2) is 80.6 Å². The van der Waals surface area contributed by atoms with Gasteiger partial charge in [-0.1, -0.05) is 13.0 Å². The molecule has 0 bridgehead atoms. The predicted molar refractivity (Wildman–Crippen MR) is 135 cm³/mol. The molecular weight excluding hydrogens is 446 g/mol. The molecule has 35 heavy (non-hydrogen) atoms. The van der Waals surface area contributed by atoms with Crippen LogP contribution in [0, 0.1) is 5.92 Å². The topological polar surface area (TPSA) is 74.7 Å². The van der Waals surface area contributed by atoms with Crippen LogP contribution in [0.4, 0.5) is 5.69 Å². The zero-order valence-corrected chi connectivity index (χ0v) is 21.4. The molecule has 2 aliphatic rings. The van der Waals surface area contributed by atoms with Crippen molar-refractivity contribution >= 4 is 11.6 Å². The summed E-state index contributed by atoms with van der Waals surface area (Å²) in [5.74, 6) is 2.37. The Morgan fingerprint density at radius 1 is 1.09 bits per heavy atom. The third-order valence-corrected chi connectivity index (χ3v) is 6.80. The number of aliphatic hydroxyl groups is 1. The van der Waals surface area contributed by atoms with Crippen molar-refractivity contribution in [1.29, 1.82) is 0 Å². The first-order valence-corrected chi connectivity index (χ1v) is 12.2. The SMILES string of the molecule is C[C@@H]1CN([C@H](C)CO)C(=O)Cc2cc(N(C)C)ccc2O[C@H]1CN(C)Cc1ccc2c(c1)OCO2. The van der Waals surface area contributed by atoms with E-state index >= 15 is 0 Å². The van der Waals surface area contributed by atoms with Crippen molar-refractivity contribution in [3.63, 3.8) is 0 Å². The number of hydrogen-bond donors (Lipinski definition) is 1. The number of carbonyl (C=O) groups excluding carboxylic acids is 1. The summed E-state index contributed by atoms with van der Waals surface area (Å²) < 4.78 is 17.6. The molecule has 0 saturated carbocycles. The minimum Gasteiger partial charge on any atom is -0.488 e. The van der Waals surface area contributed by atoms with E-state index in [1.807, 2.05) is 56.3 Å². The standard InChI is InChI=1S/C27H37N3O5/c1-18-13-30(19(2)16-31)27(32)12-21-11-22(28(3)4)7-9-23(21)35-26(18)15-29(5)14-20-6-8-24-25(10-20)34-17-33-24/h6-11,18-19,26,31H,12-17H2,1-5H3/t18-,19-,26+/m1/s1. The molecule has 1 N–H and O–H groups in total. The van der Waals surface area contributed by atoms with E-state index in [9.17, 15) is 9.90 Å². The number of rotatable bonds is 7. The van der Waals surface area contributed by atoms with Crippen LogP contribution in [0.1, 0.15) is 25.0 Å². The third-order valence-electron chi connectivity index (χ3n) is 6.80. The molecule has 8 nitrogen and oxygen atoms in total. The Morgan fingerprint density at radius 3 is 2.57 bits per heavy atom. The lowest BCUT2D eigenvalue weighted by molar-refractivity contribution is -0.134. The highest BCUT2D eigenvalue weighted by Crippen LogP contribution is 2.33. The third kappa shape index (κ3) is 5.82. The molecule has 8 heteroatoms. The molecule has 3 atom stereocenters. The largest absolute Gasteiger partial charge is 0.488 e. The zero-order valence-electron chi connectivity index (χ0n) is 21.4. The number of nitrogens with zero attached hydrogens (tertiary/aromatic N) is 3. The summed E-state index contributed by atoms with van der Waals surface area (Å²) in [6, 6.07) is 11.8. The van der Waals surface area contributed by atoms with Crippen LogP contribution in [0.15, 0.2) is 36.4 Å². The van der Waals surface area contributed by atoms with Gasteiger partial charge in [0.2, 0.25) is 12.7 Å². The van der Waals surface area contributed by atoms with Gasteiger partial charge in [0.05, 0.1) is 19.1 Å². The number of anilines is 1. The maximum absolute atomic E-state index is 13.3. The fraction of sp³-hybridized carbons (Fsp3) is 0.519. The van der Waals surface area contributed by atoms with Gasteiger partial charge >= 0.3 is 0 Å². The van der Waals surface area contributed by atoms with Gasteiger partial charge in [-0.15, -0.1) is 0 Å². The van der Waals surface area contributed by atoms with Gasteiger partial charge in [-0.3, -0.25) is 9.69 Å². The van der Waals surface area contributed by atoms with Crippen LogP contribution in [-0.2, 0) is 17.8 Å². The van der Waals surface area contributed by atoms with Crippen molar-refractivity contribution in [2.75, 3.05) is 52.5 Å². The molecule has 0 saturated heterocycles. The van der Waals surface area contributed by atoms with E-state index in [2.05, 4.69) is 24.9 Å². The summed E-state index contributed by atoms with van der Waals surface area (Å²) in [6.07, 6.45) is 0.102. The summed E-state index contributed by atoms with van der Waals surface area (Å²) in [5, 5.41) is 9.82. The summed E-state index contributed by atoms with van der Waals surface area (Å²) in [7, 11) is 6.04. The Hall–Kier alpha value is -2.97. The lowest BCUT2D eigenvalue weighted by Gasteiger charge is -2.34. The predicted octanol–water partition coefficient (Wildman–Crippen LogP) is 2.76. The van der Waals surface area contributed by atoms with Gasteiger partial charge in [0.25, 0.3) is 0 Å². The average molecular weight is 484 g/mol. The van der Waals surface area contributed by atoms with E-state index in [0.29, 0.717) is 13.1 Å². The van der Waals surface area contributed by atoms with Gasteiger partial charge in [0.1, 0.15) is 11.9 Å². The first-order chi connectivity index (χ1) is 16.7. The molecule has 2 heterocycles. The Balaban J connectivity index is 1.57. The minimum absolute atomic E-state index is 0.00789. The number of likely N-dealkylation sites (N-methyl/N-ethyl adjacent to an activating group) is 1. The molecule has 0 spiro atoms. The van der Waals surface area contributed by atoms with E-state index in [1.54, 1.807) is 4.90 Å². The molecule has 2 aliphatic heterocycles. The average Bonchev–Trinajstić information content (AvgIpc) is 3.30. The first kappa shape index (κ1) is 25.1. The normalized spacial score (nSPS) is 20.5. The number of carbonyl (C=O) groups is 1. The summed E-state index contributed by atoms with van der Waals surface area (Å²) in [5.41, 5.74) is 3.02.